The Morgan fingerprint density at radius 3 is 2.84 bits per heavy atom. The van der Waals surface area contributed by atoms with E-state index in [1.807, 2.05) is 36.1 Å². The molecule has 130 valence electrons. The zero-order chi connectivity index (χ0) is 18.0. The lowest BCUT2D eigenvalue weighted by molar-refractivity contribution is 0.352. The average Bonchev–Trinajstić information content (AvgIpc) is 3.09. The van der Waals surface area contributed by atoms with Crippen LogP contribution < -0.4 is 10.9 Å². The molecule has 0 radical (unpaired) electrons. The number of aryl methyl sites for hydroxylation is 1. The van der Waals surface area contributed by atoms with Gasteiger partial charge in [0.1, 0.15) is 5.76 Å². The fraction of sp³-hybridized carbons (Fsp3) is 0.222. The summed E-state index contributed by atoms with van der Waals surface area (Å²) in [7, 11) is 1.76. The van der Waals surface area contributed by atoms with Crippen molar-refractivity contribution < 1.29 is 4.42 Å². The minimum absolute atomic E-state index is 0.157. The summed E-state index contributed by atoms with van der Waals surface area (Å²) >= 11 is 11.5. The quantitative estimate of drug-likeness (QED) is 0.682. The molecule has 0 aliphatic rings. The number of H-pyrrole nitrogens is 1. The van der Waals surface area contributed by atoms with Crippen molar-refractivity contribution in [2.75, 3.05) is 7.05 Å². The fourth-order valence-electron chi connectivity index (χ4n) is 2.66. The van der Waals surface area contributed by atoms with Crippen LogP contribution in [0.2, 0.25) is 5.02 Å². The van der Waals surface area contributed by atoms with Gasteiger partial charge in [-0.3, -0.25) is 4.79 Å². The highest BCUT2D eigenvalue weighted by atomic mass is 35.5. The van der Waals surface area contributed by atoms with Crippen LogP contribution in [0.5, 0.6) is 0 Å². The number of aromatic nitrogens is 1. The van der Waals surface area contributed by atoms with Gasteiger partial charge < -0.3 is 19.6 Å². The van der Waals surface area contributed by atoms with Crippen LogP contribution >= 0.6 is 23.8 Å². The lowest BCUT2D eigenvalue weighted by Gasteiger charge is -2.23. The number of hydrogen-bond donors (Lipinski definition) is 2. The molecule has 7 heteroatoms. The number of aromatic amines is 1. The summed E-state index contributed by atoms with van der Waals surface area (Å²) in [6, 6.07) is 9.32. The van der Waals surface area contributed by atoms with Crippen LogP contribution in [0.4, 0.5) is 0 Å². The Morgan fingerprint density at radius 2 is 2.16 bits per heavy atom. The van der Waals surface area contributed by atoms with E-state index in [0.29, 0.717) is 28.8 Å². The third kappa shape index (κ3) is 3.86. The summed E-state index contributed by atoms with van der Waals surface area (Å²) in [5.74, 6) is 0.775. The number of halogens is 1. The molecule has 25 heavy (non-hydrogen) atoms. The van der Waals surface area contributed by atoms with Gasteiger partial charge in [0, 0.05) is 23.2 Å². The van der Waals surface area contributed by atoms with E-state index in [-0.39, 0.29) is 5.56 Å². The molecule has 5 nitrogen and oxygen atoms in total. The van der Waals surface area contributed by atoms with Gasteiger partial charge in [-0.05, 0) is 60.4 Å². The van der Waals surface area contributed by atoms with E-state index < -0.39 is 0 Å². The molecular weight excluding hydrogens is 358 g/mol. The van der Waals surface area contributed by atoms with Gasteiger partial charge in [0.2, 0.25) is 0 Å². The zero-order valence-electron chi connectivity index (χ0n) is 13.9. The number of pyridine rings is 1. The van der Waals surface area contributed by atoms with Gasteiger partial charge in [-0.25, -0.2) is 0 Å². The average molecular weight is 376 g/mol. The van der Waals surface area contributed by atoms with Gasteiger partial charge in [0.25, 0.3) is 5.56 Å². The molecule has 0 spiro atoms. The molecule has 0 fully saturated rings. The van der Waals surface area contributed by atoms with E-state index in [2.05, 4.69) is 10.3 Å². The molecule has 0 bridgehead atoms. The molecule has 0 aliphatic heterocycles. The van der Waals surface area contributed by atoms with Gasteiger partial charge in [-0.15, -0.1) is 0 Å². The molecule has 0 amide bonds. The van der Waals surface area contributed by atoms with Crippen molar-refractivity contribution in [3.05, 3.63) is 68.9 Å². The molecule has 2 aromatic heterocycles. The second kappa shape index (κ2) is 7.29. The van der Waals surface area contributed by atoms with Crippen molar-refractivity contribution in [1.29, 1.82) is 0 Å². The van der Waals surface area contributed by atoms with Crippen molar-refractivity contribution in [2.24, 2.45) is 0 Å². The molecular formula is C18H18ClN3O2S. The number of benzene rings is 1. The molecule has 0 saturated heterocycles. The van der Waals surface area contributed by atoms with E-state index in [9.17, 15) is 4.79 Å². The highest BCUT2D eigenvalue weighted by Gasteiger charge is 2.14. The Hall–Kier alpha value is -2.31. The van der Waals surface area contributed by atoms with Crippen molar-refractivity contribution in [3.8, 4) is 0 Å². The molecule has 3 aromatic rings. The minimum Gasteiger partial charge on any atom is -0.467 e. The monoisotopic (exact) mass is 375 g/mol. The first-order valence-electron chi connectivity index (χ1n) is 7.79. The molecule has 1 aromatic carbocycles. The summed E-state index contributed by atoms with van der Waals surface area (Å²) < 4.78 is 5.40. The van der Waals surface area contributed by atoms with Crippen LogP contribution in [0.15, 0.2) is 45.8 Å². The highest BCUT2D eigenvalue weighted by molar-refractivity contribution is 7.80. The van der Waals surface area contributed by atoms with Crippen LogP contribution in [-0.2, 0) is 13.1 Å². The summed E-state index contributed by atoms with van der Waals surface area (Å²) in [6.45, 7) is 2.78. The van der Waals surface area contributed by atoms with Crippen LogP contribution in [0.25, 0.3) is 10.9 Å². The lowest BCUT2D eigenvalue weighted by Crippen LogP contribution is -2.38. The highest BCUT2D eigenvalue weighted by Crippen LogP contribution is 2.22. The summed E-state index contributed by atoms with van der Waals surface area (Å²) in [5.41, 5.74) is 2.15. The standard InChI is InChI=1S/C18H18ClN3O2S/c1-11-6-12-7-13(17(23)21-16(12)8-15(11)19)9-22(18(25)20-2)10-14-4-3-5-24-14/h3-8H,9-10H2,1-2H3,(H,20,25)(H,21,23). The first-order valence-corrected chi connectivity index (χ1v) is 8.57. The zero-order valence-corrected chi connectivity index (χ0v) is 15.5. The van der Waals surface area contributed by atoms with E-state index in [1.54, 1.807) is 19.4 Å². The van der Waals surface area contributed by atoms with Crippen LogP contribution in [0.1, 0.15) is 16.9 Å². The summed E-state index contributed by atoms with van der Waals surface area (Å²) in [4.78, 5) is 17.2. The van der Waals surface area contributed by atoms with Crippen LogP contribution in [0.3, 0.4) is 0 Å². The largest absolute Gasteiger partial charge is 0.467 e. The summed E-state index contributed by atoms with van der Waals surface area (Å²) in [6.07, 6.45) is 1.62. The maximum absolute atomic E-state index is 12.5. The predicted octanol–water partition coefficient (Wildman–Crippen LogP) is 3.59. The first-order chi connectivity index (χ1) is 12.0. The van der Waals surface area contributed by atoms with Gasteiger partial charge in [0.05, 0.1) is 19.4 Å². The molecule has 2 N–H and O–H groups in total. The number of hydrogen-bond acceptors (Lipinski definition) is 3. The van der Waals surface area contributed by atoms with Gasteiger partial charge in [-0.2, -0.15) is 0 Å². The lowest BCUT2D eigenvalue weighted by atomic mass is 10.1. The van der Waals surface area contributed by atoms with Crippen LogP contribution in [0, 0.1) is 6.92 Å². The second-order valence-corrected chi connectivity index (χ2v) is 6.60. The number of furan rings is 1. The van der Waals surface area contributed by atoms with Crippen molar-refractivity contribution >= 4 is 39.8 Å². The van der Waals surface area contributed by atoms with E-state index in [0.717, 1.165) is 22.2 Å². The van der Waals surface area contributed by atoms with E-state index in [4.69, 9.17) is 28.2 Å². The Bertz CT molecular complexity index is 966. The number of nitrogens with one attached hydrogen (secondary N) is 2. The molecule has 0 aliphatic carbocycles. The van der Waals surface area contributed by atoms with Gasteiger partial charge >= 0.3 is 0 Å². The number of thiocarbonyl (C=S) groups is 1. The topological polar surface area (TPSA) is 61.3 Å². The van der Waals surface area contributed by atoms with E-state index in [1.165, 1.54) is 0 Å². The smallest absolute Gasteiger partial charge is 0.253 e. The van der Waals surface area contributed by atoms with Crippen molar-refractivity contribution in [3.63, 3.8) is 0 Å². The molecule has 0 saturated carbocycles. The Labute approximate surface area is 155 Å². The second-order valence-electron chi connectivity index (χ2n) is 5.80. The van der Waals surface area contributed by atoms with Crippen molar-refractivity contribution in [2.45, 2.75) is 20.0 Å². The fourth-order valence-corrected chi connectivity index (χ4v) is 2.95. The molecule has 2 heterocycles. The SMILES string of the molecule is CNC(=S)N(Cc1ccco1)Cc1cc2cc(C)c(Cl)cc2[nH]c1=O. The minimum atomic E-state index is -0.157. The number of fused-ring (bicyclic) bond motifs is 1. The normalized spacial score (nSPS) is 10.8. The Morgan fingerprint density at radius 1 is 1.36 bits per heavy atom. The third-order valence-electron chi connectivity index (χ3n) is 3.99. The molecule has 0 unspecified atom stereocenters. The van der Waals surface area contributed by atoms with Crippen LogP contribution in [-0.4, -0.2) is 22.0 Å². The number of rotatable bonds is 4. The third-order valence-corrected chi connectivity index (χ3v) is 4.86. The van der Waals surface area contributed by atoms with E-state index >= 15 is 0 Å². The van der Waals surface area contributed by atoms with Gasteiger partial charge in [0.15, 0.2) is 5.11 Å². The maximum atomic E-state index is 12.5. The Balaban J connectivity index is 1.95. The maximum Gasteiger partial charge on any atom is 0.253 e. The first kappa shape index (κ1) is 17.5. The Kier molecular flexibility index (Phi) is 5.11. The molecule has 0 atom stereocenters. The van der Waals surface area contributed by atoms with Gasteiger partial charge in [-0.1, -0.05) is 11.6 Å². The predicted molar refractivity (Wildman–Crippen MR) is 104 cm³/mol. The number of nitrogens with zero attached hydrogens (tertiary/aromatic N) is 1. The molecule has 3 rings (SSSR count). The van der Waals surface area contributed by atoms with Crippen molar-refractivity contribution in [1.82, 2.24) is 15.2 Å². The summed E-state index contributed by atoms with van der Waals surface area (Å²) in [5, 5.41) is 5.07.